The summed E-state index contributed by atoms with van der Waals surface area (Å²) in [6.45, 7) is 7.68. The molecule has 0 unspecified atom stereocenters. The van der Waals surface area contributed by atoms with Crippen LogP contribution in [0.4, 0.5) is 5.69 Å². The van der Waals surface area contributed by atoms with Gasteiger partial charge < -0.3 is 4.57 Å². The van der Waals surface area contributed by atoms with E-state index >= 15 is 0 Å². The van der Waals surface area contributed by atoms with Crippen LogP contribution in [0.15, 0.2) is 206 Å². The Kier molecular flexibility index (Phi) is 9.37. The van der Waals surface area contributed by atoms with E-state index in [9.17, 15) is 0 Å². The predicted molar refractivity (Wildman–Crippen MR) is 252 cm³/mol. The zero-order valence-corrected chi connectivity index (χ0v) is 33.7. The van der Waals surface area contributed by atoms with E-state index in [1.54, 1.807) is 0 Å². The van der Waals surface area contributed by atoms with Crippen molar-refractivity contribution >= 4 is 27.5 Å². The van der Waals surface area contributed by atoms with Crippen LogP contribution in [-0.4, -0.2) is 34.5 Å². The van der Waals surface area contributed by atoms with E-state index in [-0.39, 0.29) is 0 Å². The molecule has 0 aliphatic rings. The summed E-state index contributed by atoms with van der Waals surface area (Å²) in [5.74, 6) is 3.25. The van der Waals surface area contributed by atoms with Crippen LogP contribution in [0.3, 0.4) is 0 Å². The van der Waals surface area contributed by atoms with E-state index in [0.29, 0.717) is 40.6 Å². The maximum atomic E-state index is 7.68. The molecule has 8 heteroatoms. The summed E-state index contributed by atoms with van der Waals surface area (Å²) < 4.78 is 2.29. The molecule has 0 amide bonds. The Morgan fingerprint density at radius 3 is 1.29 bits per heavy atom. The predicted octanol–water partition coefficient (Wildman–Crippen LogP) is 13.4. The Morgan fingerprint density at radius 2 is 0.746 bits per heavy atom. The summed E-state index contributed by atoms with van der Waals surface area (Å²) in [6, 6.07) is 69.0. The molecule has 11 rings (SSSR count). The maximum Gasteiger partial charge on any atom is 0.187 e. The number of benzene rings is 8. The molecular weight excluding hydrogens is 773 g/mol. The monoisotopic (exact) mass is 806 g/mol. The first kappa shape index (κ1) is 37.1. The van der Waals surface area contributed by atoms with E-state index in [0.717, 1.165) is 72.0 Å². The van der Waals surface area contributed by atoms with E-state index in [1.807, 2.05) is 146 Å². The highest BCUT2D eigenvalue weighted by atomic mass is 15.1. The first-order valence-electron chi connectivity index (χ1n) is 20.6. The first-order chi connectivity index (χ1) is 31.2. The molecule has 3 heterocycles. The molecule has 0 radical (unpaired) electrons. The molecule has 8 nitrogen and oxygen atoms in total. The molecular formula is C55H34N8. The van der Waals surface area contributed by atoms with Crippen molar-refractivity contribution in [1.82, 2.24) is 34.5 Å². The van der Waals surface area contributed by atoms with Crippen LogP contribution < -0.4 is 0 Å². The number of hydrogen-bond donors (Lipinski definition) is 0. The number of aromatic nitrogens is 7. The summed E-state index contributed by atoms with van der Waals surface area (Å²) >= 11 is 0. The maximum absolute atomic E-state index is 7.68. The van der Waals surface area contributed by atoms with Crippen molar-refractivity contribution in [2.75, 3.05) is 0 Å². The SMILES string of the molecule is [C-]#[N+]c1cccc(-c2ccc3c4ccccc4n(-c4ccc(-c5nc(-c6ccccc6)nc(-c6ccccc6)n5)cc4-c4nc(-c5ccccc5)nc(-c5ccccc5)n4)c3c2)c1. The smallest absolute Gasteiger partial charge is 0.187 e. The molecule has 0 aliphatic heterocycles. The van der Waals surface area contributed by atoms with Crippen molar-refractivity contribution in [3.63, 3.8) is 0 Å². The molecule has 0 fully saturated rings. The van der Waals surface area contributed by atoms with Crippen LogP contribution in [0.25, 0.3) is 112 Å². The van der Waals surface area contributed by atoms with Crippen LogP contribution in [0, 0.1) is 6.57 Å². The average Bonchev–Trinajstić information content (AvgIpc) is 3.70. The molecule has 0 N–H and O–H groups in total. The Bertz CT molecular complexity index is 3390. The third kappa shape index (κ3) is 7.05. The third-order valence-electron chi connectivity index (χ3n) is 11.1. The van der Waals surface area contributed by atoms with Gasteiger partial charge in [-0.1, -0.05) is 170 Å². The van der Waals surface area contributed by atoms with Crippen molar-refractivity contribution < 1.29 is 0 Å². The van der Waals surface area contributed by atoms with Gasteiger partial charge in [0.2, 0.25) is 0 Å². The zero-order valence-electron chi connectivity index (χ0n) is 33.7. The lowest BCUT2D eigenvalue weighted by molar-refractivity contribution is 1.06. The summed E-state index contributed by atoms with van der Waals surface area (Å²) in [5.41, 5.74) is 10.5. The minimum absolute atomic E-state index is 0.493. The van der Waals surface area contributed by atoms with E-state index in [4.69, 9.17) is 36.5 Å². The zero-order chi connectivity index (χ0) is 42.1. The summed E-state index contributed by atoms with van der Waals surface area (Å²) in [6.07, 6.45) is 0. The molecule has 0 saturated carbocycles. The Morgan fingerprint density at radius 1 is 0.317 bits per heavy atom. The van der Waals surface area contributed by atoms with Gasteiger partial charge in [-0.15, -0.1) is 0 Å². The van der Waals surface area contributed by atoms with Crippen LogP contribution >= 0.6 is 0 Å². The Hall–Kier alpha value is -8.93. The Balaban J connectivity index is 1.21. The Labute approximate surface area is 363 Å². The van der Waals surface area contributed by atoms with Gasteiger partial charge in [-0.25, -0.2) is 34.7 Å². The van der Waals surface area contributed by atoms with Crippen LogP contribution in [0.2, 0.25) is 0 Å². The second-order valence-corrected chi connectivity index (χ2v) is 15.1. The van der Waals surface area contributed by atoms with Gasteiger partial charge in [-0.2, -0.15) is 0 Å². The molecule has 0 spiro atoms. The number of para-hydroxylation sites is 1. The second kappa shape index (κ2) is 15.9. The molecule has 0 saturated heterocycles. The van der Waals surface area contributed by atoms with Gasteiger partial charge in [0.15, 0.2) is 40.6 Å². The van der Waals surface area contributed by atoms with Crippen molar-refractivity contribution in [2.45, 2.75) is 0 Å². The summed E-state index contributed by atoms with van der Waals surface area (Å²) in [4.78, 5) is 34.5. The van der Waals surface area contributed by atoms with E-state index in [2.05, 4.69) is 70.1 Å². The minimum atomic E-state index is 0.493. The van der Waals surface area contributed by atoms with Gasteiger partial charge in [0, 0.05) is 44.2 Å². The lowest BCUT2D eigenvalue weighted by Crippen LogP contribution is -2.05. The fourth-order valence-corrected chi connectivity index (χ4v) is 8.08. The molecule has 63 heavy (non-hydrogen) atoms. The summed E-state index contributed by atoms with van der Waals surface area (Å²) in [7, 11) is 0. The summed E-state index contributed by atoms with van der Waals surface area (Å²) in [5, 5.41) is 2.20. The van der Waals surface area contributed by atoms with Crippen LogP contribution in [0.5, 0.6) is 0 Å². The van der Waals surface area contributed by atoms with E-state index in [1.165, 1.54) is 0 Å². The highest BCUT2D eigenvalue weighted by molar-refractivity contribution is 6.10. The topological polar surface area (TPSA) is 86.6 Å². The minimum Gasteiger partial charge on any atom is -0.308 e. The highest BCUT2D eigenvalue weighted by Gasteiger charge is 2.22. The molecule has 8 aromatic carbocycles. The first-order valence-corrected chi connectivity index (χ1v) is 20.6. The van der Waals surface area contributed by atoms with Gasteiger partial charge >= 0.3 is 0 Å². The normalized spacial score (nSPS) is 11.2. The number of fused-ring (bicyclic) bond motifs is 3. The fraction of sp³-hybridized carbons (Fsp3) is 0. The molecule has 0 aliphatic carbocycles. The number of rotatable bonds is 8. The van der Waals surface area contributed by atoms with Gasteiger partial charge in [-0.3, -0.25) is 0 Å². The van der Waals surface area contributed by atoms with E-state index < -0.39 is 0 Å². The van der Waals surface area contributed by atoms with Crippen molar-refractivity contribution in [1.29, 1.82) is 0 Å². The average molecular weight is 807 g/mol. The van der Waals surface area contributed by atoms with Crippen LogP contribution in [-0.2, 0) is 0 Å². The molecule has 3 aromatic heterocycles. The van der Waals surface area contributed by atoms with Crippen molar-refractivity contribution in [3.8, 4) is 85.1 Å². The van der Waals surface area contributed by atoms with Crippen molar-refractivity contribution in [3.05, 3.63) is 218 Å². The van der Waals surface area contributed by atoms with Gasteiger partial charge in [0.05, 0.1) is 23.3 Å². The van der Waals surface area contributed by atoms with Crippen LogP contribution in [0.1, 0.15) is 0 Å². The molecule has 11 aromatic rings. The quantitative estimate of drug-likeness (QED) is 0.142. The van der Waals surface area contributed by atoms with Crippen molar-refractivity contribution in [2.24, 2.45) is 0 Å². The largest absolute Gasteiger partial charge is 0.308 e. The molecule has 294 valence electrons. The fourth-order valence-electron chi connectivity index (χ4n) is 8.08. The highest BCUT2D eigenvalue weighted by Crippen LogP contribution is 2.40. The standard InChI is InChI=1S/C55H34N8/c1-56-43-26-16-25-40(33-43)41-29-31-45-44-27-14-15-28-47(44)63(49(45)35-41)48-32-30-42(54-59-50(36-17-6-2-7-18-36)57-51(60-54)37-19-8-3-9-20-37)34-46(48)55-61-52(38-21-10-4-11-22-38)58-53(62-55)39-23-12-5-13-24-39/h2-35H. The lowest BCUT2D eigenvalue weighted by atomic mass is 10.0. The van der Waals surface area contributed by atoms with Gasteiger partial charge in [-0.05, 0) is 47.5 Å². The lowest BCUT2D eigenvalue weighted by Gasteiger charge is -2.16. The third-order valence-corrected chi connectivity index (χ3v) is 11.1. The van der Waals surface area contributed by atoms with Gasteiger partial charge in [0.25, 0.3) is 0 Å². The molecule has 0 bridgehead atoms. The van der Waals surface area contributed by atoms with Gasteiger partial charge in [0.1, 0.15) is 0 Å². The number of hydrogen-bond acceptors (Lipinski definition) is 6. The second-order valence-electron chi connectivity index (χ2n) is 15.1. The number of nitrogens with zero attached hydrogens (tertiary/aromatic N) is 8. The molecule has 0 atom stereocenters.